The van der Waals surface area contributed by atoms with Crippen molar-refractivity contribution < 1.29 is 4.79 Å². The van der Waals surface area contributed by atoms with Crippen molar-refractivity contribution in [2.75, 3.05) is 13.6 Å². The van der Waals surface area contributed by atoms with Gasteiger partial charge in [0, 0.05) is 18.5 Å². The standard InChI is InChI=1S/C12H18N2OS.ClH/c1-14(8-5-10-4-2-9-16-10)11(15)12(13)6-3-7-12;/h2,4,9H,3,5-8,13H2,1H3;1H. The molecule has 5 heteroatoms. The van der Waals surface area contributed by atoms with E-state index < -0.39 is 5.54 Å². The highest BCUT2D eigenvalue weighted by Gasteiger charge is 2.41. The Bertz CT molecular complexity index is 363. The molecule has 0 bridgehead atoms. The van der Waals surface area contributed by atoms with Crippen LogP contribution in [0.1, 0.15) is 24.1 Å². The maximum absolute atomic E-state index is 12.0. The lowest BCUT2D eigenvalue weighted by atomic mass is 9.76. The van der Waals surface area contributed by atoms with Crippen LogP contribution in [-0.2, 0) is 11.2 Å². The summed E-state index contributed by atoms with van der Waals surface area (Å²) in [5, 5.41) is 2.06. The molecule has 3 nitrogen and oxygen atoms in total. The zero-order valence-electron chi connectivity index (χ0n) is 10.0. The van der Waals surface area contributed by atoms with E-state index in [9.17, 15) is 4.79 Å². The van der Waals surface area contributed by atoms with Crippen LogP contribution in [0.2, 0.25) is 0 Å². The lowest BCUT2D eigenvalue weighted by Gasteiger charge is -2.39. The number of nitrogens with zero attached hydrogens (tertiary/aromatic N) is 1. The van der Waals surface area contributed by atoms with Gasteiger partial charge in [-0.25, -0.2) is 0 Å². The van der Waals surface area contributed by atoms with E-state index in [1.807, 2.05) is 13.1 Å². The molecule has 0 saturated heterocycles. The monoisotopic (exact) mass is 274 g/mol. The second-order valence-electron chi connectivity index (χ2n) is 4.57. The Kier molecular flexibility index (Phi) is 4.98. The van der Waals surface area contributed by atoms with Gasteiger partial charge in [0.2, 0.25) is 5.91 Å². The van der Waals surface area contributed by atoms with Gasteiger partial charge in [0.1, 0.15) is 0 Å². The molecule has 1 amide bonds. The summed E-state index contributed by atoms with van der Waals surface area (Å²) < 4.78 is 0. The topological polar surface area (TPSA) is 46.3 Å². The Hall–Kier alpha value is -0.580. The normalized spacial score (nSPS) is 16.8. The van der Waals surface area contributed by atoms with Crippen LogP contribution in [0.15, 0.2) is 17.5 Å². The molecule has 1 aromatic heterocycles. The third kappa shape index (κ3) is 3.21. The molecule has 0 atom stereocenters. The van der Waals surface area contributed by atoms with Crippen LogP contribution < -0.4 is 5.73 Å². The molecule has 0 aromatic carbocycles. The van der Waals surface area contributed by atoms with E-state index in [0.29, 0.717) is 0 Å². The second kappa shape index (κ2) is 5.85. The summed E-state index contributed by atoms with van der Waals surface area (Å²) in [7, 11) is 1.85. The molecule has 1 aliphatic rings. The second-order valence-corrected chi connectivity index (χ2v) is 5.60. The number of hydrogen-bond acceptors (Lipinski definition) is 3. The first-order chi connectivity index (χ1) is 7.62. The average molecular weight is 275 g/mol. The number of rotatable bonds is 4. The minimum absolute atomic E-state index is 0. The van der Waals surface area contributed by atoms with Gasteiger partial charge in [-0.3, -0.25) is 4.79 Å². The fourth-order valence-corrected chi connectivity index (χ4v) is 2.68. The maximum atomic E-state index is 12.0. The molecule has 2 N–H and O–H groups in total. The van der Waals surface area contributed by atoms with Crippen molar-refractivity contribution in [3.05, 3.63) is 22.4 Å². The highest BCUT2D eigenvalue weighted by molar-refractivity contribution is 7.09. The third-order valence-electron chi connectivity index (χ3n) is 3.29. The smallest absolute Gasteiger partial charge is 0.242 e. The quantitative estimate of drug-likeness (QED) is 0.913. The van der Waals surface area contributed by atoms with Crippen molar-refractivity contribution >= 4 is 29.7 Å². The Balaban J connectivity index is 0.00000144. The van der Waals surface area contributed by atoms with Crippen LogP contribution in [0.3, 0.4) is 0 Å². The molecule has 17 heavy (non-hydrogen) atoms. The Morgan fingerprint density at radius 3 is 2.76 bits per heavy atom. The molecule has 1 heterocycles. The molecule has 1 aromatic rings. The van der Waals surface area contributed by atoms with Crippen LogP contribution in [-0.4, -0.2) is 29.9 Å². The number of thiophene rings is 1. The van der Waals surface area contributed by atoms with Gasteiger partial charge in [0.05, 0.1) is 5.54 Å². The molecular formula is C12H19ClN2OS. The van der Waals surface area contributed by atoms with Crippen LogP contribution in [0.4, 0.5) is 0 Å². The van der Waals surface area contributed by atoms with Crippen molar-refractivity contribution in [2.24, 2.45) is 5.73 Å². The van der Waals surface area contributed by atoms with Gasteiger partial charge >= 0.3 is 0 Å². The summed E-state index contributed by atoms with van der Waals surface area (Å²) >= 11 is 1.73. The number of carbonyl (C=O) groups excluding carboxylic acids is 1. The van der Waals surface area contributed by atoms with Crippen LogP contribution in [0.5, 0.6) is 0 Å². The average Bonchev–Trinajstić information content (AvgIpc) is 2.74. The zero-order valence-corrected chi connectivity index (χ0v) is 11.6. The van der Waals surface area contributed by atoms with Gasteiger partial charge in [0.25, 0.3) is 0 Å². The van der Waals surface area contributed by atoms with E-state index in [2.05, 4.69) is 11.4 Å². The SMILES string of the molecule is CN(CCc1cccs1)C(=O)C1(N)CCC1.Cl. The summed E-state index contributed by atoms with van der Waals surface area (Å²) in [6, 6.07) is 4.14. The molecule has 0 radical (unpaired) electrons. The molecule has 1 aliphatic carbocycles. The van der Waals surface area contributed by atoms with E-state index in [4.69, 9.17) is 5.73 Å². The fourth-order valence-electron chi connectivity index (χ4n) is 1.99. The number of carbonyl (C=O) groups is 1. The third-order valence-corrected chi connectivity index (χ3v) is 4.23. The number of halogens is 1. The van der Waals surface area contributed by atoms with Gasteiger partial charge < -0.3 is 10.6 Å². The van der Waals surface area contributed by atoms with Gasteiger partial charge in [-0.05, 0) is 37.1 Å². The van der Waals surface area contributed by atoms with Crippen LogP contribution >= 0.6 is 23.7 Å². The number of nitrogens with two attached hydrogens (primary N) is 1. The molecule has 0 unspecified atom stereocenters. The minimum Gasteiger partial charge on any atom is -0.344 e. The van der Waals surface area contributed by atoms with Crippen molar-refractivity contribution in [1.82, 2.24) is 4.90 Å². The molecular weight excluding hydrogens is 256 g/mol. The lowest BCUT2D eigenvalue weighted by Crippen LogP contribution is -2.58. The largest absolute Gasteiger partial charge is 0.344 e. The molecule has 1 fully saturated rings. The maximum Gasteiger partial charge on any atom is 0.242 e. The van der Waals surface area contributed by atoms with Gasteiger partial charge in [-0.2, -0.15) is 0 Å². The van der Waals surface area contributed by atoms with Crippen molar-refractivity contribution in [3.8, 4) is 0 Å². The predicted molar refractivity (Wildman–Crippen MR) is 73.7 cm³/mol. The number of likely N-dealkylation sites (N-methyl/N-ethyl adjacent to an activating group) is 1. The zero-order chi connectivity index (χ0) is 11.6. The summed E-state index contributed by atoms with van der Waals surface area (Å²) in [6.45, 7) is 0.762. The van der Waals surface area contributed by atoms with Crippen molar-refractivity contribution in [1.29, 1.82) is 0 Å². The first-order valence-electron chi connectivity index (χ1n) is 5.69. The summed E-state index contributed by atoms with van der Waals surface area (Å²) in [4.78, 5) is 15.1. The molecule has 0 aliphatic heterocycles. The first-order valence-corrected chi connectivity index (χ1v) is 6.57. The predicted octanol–water partition coefficient (Wildman–Crippen LogP) is 2.05. The first kappa shape index (κ1) is 14.5. The van der Waals surface area contributed by atoms with Crippen molar-refractivity contribution in [3.63, 3.8) is 0 Å². The van der Waals surface area contributed by atoms with E-state index in [-0.39, 0.29) is 18.3 Å². The van der Waals surface area contributed by atoms with E-state index >= 15 is 0 Å². The van der Waals surface area contributed by atoms with E-state index in [1.54, 1.807) is 16.2 Å². The summed E-state index contributed by atoms with van der Waals surface area (Å²) in [6.07, 6.45) is 3.70. The molecule has 0 spiro atoms. The number of amides is 1. The lowest BCUT2D eigenvalue weighted by molar-refractivity contribution is -0.138. The minimum atomic E-state index is -0.551. The summed E-state index contributed by atoms with van der Waals surface area (Å²) in [5.74, 6) is 0.107. The van der Waals surface area contributed by atoms with E-state index in [1.165, 1.54) is 4.88 Å². The van der Waals surface area contributed by atoms with Crippen LogP contribution in [0.25, 0.3) is 0 Å². The van der Waals surface area contributed by atoms with Crippen molar-refractivity contribution in [2.45, 2.75) is 31.2 Å². The van der Waals surface area contributed by atoms with Gasteiger partial charge in [-0.1, -0.05) is 6.07 Å². The Morgan fingerprint density at radius 2 is 2.29 bits per heavy atom. The molecule has 96 valence electrons. The Labute approximate surface area is 112 Å². The molecule has 2 rings (SSSR count). The van der Waals surface area contributed by atoms with Crippen LogP contribution in [0, 0.1) is 0 Å². The van der Waals surface area contributed by atoms with Gasteiger partial charge in [0.15, 0.2) is 0 Å². The summed E-state index contributed by atoms with van der Waals surface area (Å²) in [5.41, 5.74) is 5.46. The Morgan fingerprint density at radius 1 is 1.59 bits per heavy atom. The van der Waals surface area contributed by atoms with E-state index in [0.717, 1.165) is 32.2 Å². The number of hydrogen-bond donors (Lipinski definition) is 1. The fraction of sp³-hybridized carbons (Fsp3) is 0.583. The molecule has 1 saturated carbocycles. The highest BCUT2D eigenvalue weighted by Crippen LogP contribution is 2.30. The van der Waals surface area contributed by atoms with Gasteiger partial charge in [-0.15, -0.1) is 23.7 Å². The highest BCUT2D eigenvalue weighted by atomic mass is 35.5.